The highest BCUT2D eigenvalue weighted by Gasteiger charge is 2.30. The average Bonchev–Trinajstić information content (AvgIpc) is 2.63. The maximum atomic E-state index is 6.57. The van der Waals surface area contributed by atoms with Crippen LogP contribution in [0.15, 0.2) is 70.7 Å². The lowest BCUT2D eigenvalue weighted by Crippen LogP contribution is -2.26. The molecule has 2 rings (SSSR count). The van der Waals surface area contributed by atoms with E-state index in [1.54, 1.807) is 0 Å². The molecule has 126 valence electrons. The van der Waals surface area contributed by atoms with Gasteiger partial charge in [0.05, 0.1) is 11.4 Å². The fraction of sp³-hybridized carbons (Fsp3) is 0.250. The van der Waals surface area contributed by atoms with E-state index in [1.807, 2.05) is 74.5 Å². The molecule has 2 aromatic rings. The molecule has 4 heteroatoms. The predicted molar refractivity (Wildman–Crippen MR) is 107 cm³/mol. The Bertz CT molecular complexity index is 719. The molecule has 2 aromatic carbocycles. The van der Waals surface area contributed by atoms with Crippen molar-refractivity contribution in [2.24, 2.45) is 4.99 Å². The molecule has 0 aliphatic carbocycles. The van der Waals surface area contributed by atoms with Gasteiger partial charge in [-0.3, -0.25) is 0 Å². The van der Waals surface area contributed by atoms with Crippen molar-refractivity contribution >= 4 is 46.2 Å². The van der Waals surface area contributed by atoms with E-state index in [0.717, 1.165) is 11.1 Å². The van der Waals surface area contributed by atoms with Crippen molar-refractivity contribution in [1.82, 2.24) is 0 Å². The molecule has 24 heavy (non-hydrogen) atoms. The average molecular weight is 381 g/mol. The lowest BCUT2D eigenvalue weighted by atomic mass is 10.0. The zero-order chi connectivity index (χ0) is 17.6. The van der Waals surface area contributed by atoms with Crippen LogP contribution in [0, 0.1) is 0 Å². The van der Waals surface area contributed by atoms with Gasteiger partial charge >= 0.3 is 0 Å². The lowest BCUT2D eigenvalue weighted by Gasteiger charge is -2.21. The fourth-order valence-corrected chi connectivity index (χ4v) is 2.73. The van der Waals surface area contributed by atoms with Crippen LogP contribution in [0.4, 0.5) is 0 Å². The van der Waals surface area contributed by atoms with Gasteiger partial charge in [0.2, 0.25) is 0 Å². The fourth-order valence-electron chi connectivity index (χ4n) is 2.28. The van der Waals surface area contributed by atoms with Crippen LogP contribution in [-0.4, -0.2) is 10.0 Å². The molecule has 0 aliphatic heterocycles. The highest BCUT2D eigenvalue weighted by Crippen LogP contribution is 2.34. The maximum Gasteiger partial charge on any atom is 0.160 e. The summed E-state index contributed by atoms with van der Waals surface area (Å²) in [6.07, 6.45) is 1.22. The minimum atomic E-state index is -1.09. The molecule has 0 unspecified atom stereocenters. The summed E-state index contributed by atoms with van der Waals surface area (Å²) in [5.74, 6) is 0. The molecule has 0 amide bonds. The Morgan fingerprint density at radius 2 is 1.38 bits per heavy atom. The molecule has 0 atom stereocenters. The third-order valence-electron chi connectivity index (χ3n) is 3.68. The monoisotopic (exact) mass is 379 g/mol. The van der Waals surface area contributed by atoms with Crippen LogP contribution < -0.4 is 0 Å². The van der Waals surface area contributed by atoms with Crippen molar-refractivity contribution in [3.8, 4) is 0 Å². The summed E-state index contributed by atoms with van der Waals surface area (Å²) in [6, 6.07) is 19.6. The van der Waals surface area contributed by atoms with Crippen molar-refractivity contribution in [1.29, 1.82) is 0 Å². The van der Waals surface area contributed by atoms with Crippen molar-refractivity contribution in [3.63, 3.8) is 0 Å². The summed E-state index contributed by atoms with van der Waals surface area (Å²) < 4.78 is -1.09. The van der Waals surface area contributed by atoms with Crippen molar-refractivity contribution < 1.29 is 0 Å². The van der Waals surface area contributed by atoms with Crippen molar-refractivity contribution in [2.75, 3.05) is 0 Å². The van der Waals surface area contributed by atoms with E-state index in [0.29, 0.717) is 29.3 Å². The van der Waals surface area contributed by atoms with Gasteiger partial charge in [-0.1, -0.05) is 109 Å². The van der Waals surface area contributed by atoms with Crippen LogP contribution >= 0.6 is 34.8 Å². The Morgan fingerprint density at radius 3 is 1.83 bits per heavy atom. The largest absolute Gasteiger partial charge is 0.248 e. The summed E-state index contributed by atoms with van der Waals surface area (Å²) in [4.78, 5) is 4.83. The first-order valence-electron chi connectivity index (χ1n) is 7.96. The second-order valence-electron chi connectivity index (χ2n) is 5.36. The Morgan fingerprint density at radius 1 is 0.875 bits per heavy atom. The number of allylic oxidation sites excluding steroid dienone is 1. The van der Waals surface area contributed by atoms with Crippen molar-refractivity contribution in [3.05, 3.63) is 76.8 Å². The van der Waals surface area contributed by atoms with E-state index in [9.17, 15) is 0 Å². The molecule has 0 aliphatic rings. The number of benzene rings is 2. The number of hydrogen-bond acceptors (Lipinski definition) is 1. The zero-order valence-corrected chi connectivity index (χ0v) is 16.0. The molecule has 0 spiro atoms. The van der Waals surface area contributed by atoms with Crippen LogP contribution in [0.2, 0.25) is 0 Å². The lowest BCUT2D eigenvalue weighted by molar-refractivity contribution is 0.933. The Hall–Kier alpha value is -1.28. The number of alkyl halides is 2. The Balaban J connectivity index is 2.66. The van der Waals surface area contributed by atoms with Gasteiger partial charge in [-0.2, -0.15) is 0 Å². The second-order valence-corrected chi connectivity index (χ2v) is 7.30. The smallest absolute Gasteiger partial charge is 0.160 e. The summed E-state index contributed by atoms with van der Waals surface area (Å²) in [5, 5.41) is 0.676. The van der Waals surface area contributed by atoms with Crippen molar-refractivity contribution in [2.45, 2.75) is 31.0 Å². The molecule has 0 radical (unpaired) electrons. The van der Waals surface area contributed by atoms with Gasteiger partial charge in [-0.25, -0.2) is 4.99 Å². The predicted octanol–water partition coefficient (Wildman–Crippen LogP) is 7.08. The highest BCUT2D eigenvalue weighted by atomic mass is 35.5. The van der Waals surface area contributed by atoms with Crippen LogP contribution in [0.1, 0.15) is 37.8 Å². The topological polar surface area (TPSA) is 12.4 Å². The zero-order valence-electron chi connectivity index (χ0n) is 13.8. The summed E-state index contributed by atoms with van der Waals surface area (Å²) >= 11 is 19.6. The number of aliphatic imine (C=N–C) groups is 1. The van der Waals surface area contributed by atoms with Gasteiger partial charge in [0.15, 0.2) is 4.33 Å². The van der Waals surface area contributed by atoms with Crippen LogP contribution in [0.25, 0.3) is 5.70 Å². The molecule has 0 fully saturated rings. The second kappa shape index (κ2) is 8.71. The molecule has 0 bridgehead atoms. The van der Waals surface area contributed by atoms with E-state index in [-0.39, 0.29) is 0 Å². The first-order valence-corrected chi connectivity index (χ1v) is 9.09. The normalized spacial score (nSPS) is 13.6. The van der Waals surface area contributed by atoms with Gasteiger partial charge < -0.3 is 0 Å². The van der Waals surface area contributed by atoms with E-state index in [1.165, 1.54) is 0 Å². The molecule has 0 heterocycles. The molecule has 0 N–H and O–H groups in total. The standard InChI is InChI=1S/C20H20Cl3N/c1-3-17(21)18(15-11-7-5-8-12-15)24-19(20(22,23)4-2)16-13-9-6-10-14-16/h5-14H,3-4H2,1-2H3/b18-17-,24-19?. The SMILES string of the molecule is CC/C(Cl)=C(/N=C(c1ccccc1)C(Cl)(Cl)CC)c1ccccc1. The summed E-state index contributed by atoms with van der Waals surface area (Å²) in [7, 11) is 0. The first-order chi connectivity index (χ1) is 11.5. The van der Waals surface area contributed by atoms with Crippen LogP contribution in [-0.2, 0) is 0 Å². The molecule has 0 saturated heterocycles. The summed E-state index contributed by atoms with van der Waals surface area (Å²) in [5.41, 5.74) is 3.15. The van der Waals surface area contributed by atoms with Gasteiger partial charge in [-0.15, -0.1) is 0 Å². The van der Waals surface area contributed by atoms with Gasteiger partial charge in [-0.05, 0) is 18.4 Å². The minimum absolute atomic E-state index is 0.537. The maximum absolute atomic E-state index is 6.57. The third kappa shape index (κ3) is 4.63. The molecule has 0 saturated carbocycles. The van der Waals surface area contributed by atoms with E-state index < -0.39 is 4.33 Å². The van der Waals surface area contributed by atoms with Gasteiger partial charge in [0.25, 0.3) is 0 Å². The molecular weight excluding hydrogens is 361 g/mol. The van der Waals surface area contributed by atoms with E-state index in [4.69, 9.17) is 39.8 Å². The number of rotatable bonds is 6. The van der Waals surface area contributed by atoms with E-state index in [2.05, 4.69) is 0 Å². The third-order valence-corrected chi connectivity index (χ3v) is 5.01. The van der Waals surface area contributed by atoms with Crippen LogP contribution in [0.3, 0.4) is 0 Å². The Labute approximate surface area is 159 Å². The molecule has 1 nitrogen and oxygen atoms in total. The number of halogens is 3. The number of hydrogen-bond donors (Lipinski definition) is 0. The quantitative estimate of drug-likeness (QED) is 0.375. The first kappa shape index (κ1) is 19.1. The minimum Gasteiger partial charge on any atom is -0.248 e. The Kier molecular flexibility index (Phi) is 6.91. The highest BCUT2D eigenvalue weighted by molar-refractivity contribution is 6.60. The van der Waals surface area contributed by atoms with Crippen LogP contribution in [0.5, 0.6) is 0 Å². The molecular formula is C20H20Cl3N. The van der Waals surface area contributed by atoms with E-state index >= 15 is 0 Å². The molecule has 0 aromatic heterocycles. The van der Waals surface area contributed by atoms with Gasteiger partial charge in [0.1, 0.15) is 0 Å². The van der Waals surface area contributed by atoms with Gasteiger partial charge in [0, 0.05) is 10.6 Å². The number of nitrogens with zero attached hydrogens (tertiary/aromatic N) is 1. The summed E-state index contributed by atoms with van der Waals surface area (Å²) in [6.45, 7) is 3.93.